The summed E-state index contributed by atoms with van der Waals surface area (Å²) >= 11 is 0. The molecule has 1 aliphatic heterocycles. The van der Waals surface area contributed by atoms with E-state index < -0.39 is 0 Å². The van der Waals surface area contributed by atoms with Gasteiger partial charge in [-0.15, -0.1) is 0 Å². The zero-order valence-electron chi connectivity index (χ0n) is 16.1. The molecular weight excluding hydrogens is 322 g/mol. The van der Waals surface area contributed by atoms with E-state index in [9.17, 15) is 4.79 Å². The molecule has 138 valence electrons. The number of hydrogen-bond acceptors (Lipinski definition) is 3. The van der Waals surface area contributed by atoms with Gasteiger partial charge in [0.15, 0.2) is 0 Å². The highest BCUT2D eigenvalue weighted by Crippen LogP contribution is 2.22. The number of benzene rings is 1. The van der Waals surface area contributed by atoms with Gasteiger partial charge < -0.3 is 9.80 Å². The molecule has 2 aromatic rings. The number of carbonyl (C=O) groups is 1. The topological polar surface area (TPSA) is 36.4 Å². The molecule has 1 aromatic carbocycles. The summed E-state index contributed by atoms with van der Waals surface area (Å²) < 4.78 is 0. The second kappa shape index (κ2) is 8.35. The highest BCUT2D eigenvalue weighted by Gasteiger charge is 2.22. The van der Waals surface area contributed by atoms with Crippen LogP contribution in [0.25, 0.3) is 0 Å². The van der Waals surface area contributed by atoms with Crippen molar-refractivity contribution >= 4 is 11.7 Å². The number of rotatable bonds is 5. The van der Waals surface area contributed by atoms with Gasteiger partial charge in [0.05, 0.1) is 0 Å². The third-order valence-electron chi connectivity index (χ3n) is 5.18. The minimum atomic E-state index is 0.129. The summed E-state index contributed by atoms with van der Waals surface area (Å²) in [6.07, 6.45) is 3.95. The lowest BCUT2D eigenvalue weighted by Crippen LogP contribution is -2.38. The van der Waals surface area contributed by atoms with Crippen molar-refractivity contribution in [2.75, 3.05) is 18.0 Å². The molecule has 26 heavy (non-hydrogen) atoms. The predicted molar refractivity (Wildman–Crippen MR) is 106 cm³/mol. The fraction of sp³-hybridized carbons (Fsp3) is 0.455. The Hall–Kier alpha value is -2.36. The number of anilines is 1. The van der Waals surface area contributed by atoms with Crippen LogP contribution in [0.5, 0.6) is 0 Å². The number of likely N-dealkylation sites (tertiary alicyclic amines) is 1. The van der Waals surface area contributed by atoms with Crippen molar-refractivity contribution in [3.8, 4) is 0 Å². The van der Waals surface area contributed by atoms with Gasteiger partial charge in [0.2, 0.25) is 0 Å². The third kappa shape index (κ3) is 4.43. The zero-order valence-corrected chi connectivity index (χ0v) is 16.1. The predicted octanol–water partition coefficient (Wildman–Crippen LogP) is 4.37. The van der Waals surface area contributed by atoms with Crippen LogP contribution in [0.3, 0.4) is 0 Å². The van der Waals surface area contributed by atoms with Crippen LogP contribution in [0.1, 0.15) is 49.5 Å². The third-order valence-corrected chi connectivity index (χ3v) is 5.18. The Morgan fingerprint density at radius 3 is 2.54 bits per heavy atom. The molecule has 0 bridgehead atoms. The van der Waals surface area contributed by atoms with E-state index in [2.05, 4.69) is 54.9 Å². The molecule has 1 saturated heterocycles. The van der Waals surface area contributed by atoms with Crippen molar-refractivity contribution in [1.82, 2.24) is 9.88 Å². The van der Waals surface area contributed by atoms with Crippen LogP contribution in [-0.4, -0.2) is 34.9 Å². The number of carbonyl (C=O) groups excluding carboxylic acids is 1. The largest absolute Gasteiger partial charge is 0.350 e. The quantitative estimate of drug-likeness (QED) is 0.803. The number of hydrogen-bond donors (Lipinski definition) is 0. The molecule has 0 saturated carbocycles. The lowest BCUT2D eigenvalue weighted by atomic mass is 9.99. The molecule has 0 spiro atoms. The SMILES string of the molecule is CC1CCN(C(=O)c2ccnc(N(Cc3ccccc3)C(C)C)c2)CC1. The van der Waals surface area contributed by atoms with Gasteiger partial charge in [-0.1, -0.05) is 37.3 Å². The molecule has 0 N–H and O–H groups in total. The molecule has 2 heterocycles. The summed E-state index contributed by atoms with van der Waals surface area (Å²) in [7, 11) is 0. The van der Waals surface area contributed by atoms with Crippen molar-refractivity contribution < 1.29 is 4.79 Å². The first-order valence-corrected chi connectivity index (χ1v) is 9.60. The summed E-state index contributed by atoms with van der Waals surface area (Å²) in [6.45, 7) is 9.07. The van der Waals surface area contributed by atoms with Gasteiger partial charge in [0.1, 0.15) is 5.82 Å². The zero-order chi connectivity index (χ0) is 18.5. The summed E-state index contributed by atoms with van der Waals surface area (Å²) in [6, 6.07) is 14.5. The Kier molecular flexibility index (Phi) is 5.92. The van der Waals surface area contributed by atoms with Crippen LogP contribution < -0.4 is 4.90 Å². The maximum atomic E-state index is 12.9. The van der Waals surface area contributed by atoms with Crippen molar-refractivity contribution in [3.05, 3.63) is 59.8 Å². The Morgan fingerprint density at radius 2 is 1.88 bits per heavy atom. The molecule has 4 heteroatoms. The first kappa shape index (κ1) is 18.4. The van der Waals surface area contributed by atoms with E-state index in [4.69, 9.17) is 0 Å². The van der Waals surface area contributed by atoms with E-state index in [0.29, 0.717) is 12.0 Å². The Balaban J connectivity index is 1.79. The van der Waals surface area contributed by atoms with Gasteiger partial charge in [0, 0.05) is 37.4 Å². The van der Waals surface area contributed by atoms with Crippen LogP contribution in [0.15, 0.2) is 48.7 Å². The van der Waals surface area contributed by atoms with Crippen molar-refractivity contribution in [3.63, 3.8) is 0 Å². The summed E-state index contributed by atoms with van der Waals surface area (Å²) in [4.78, 5) is 21.7. The van der Waals surface area contributed by atoms with E-state index in [-0.39, 0.29) is 5.91 Å². The maximum Gasteiger partial charge on any atom is 0.254 e. The average molecular weight is 351 g/mol. The highest BCUT2D eigenvalue weighted by molar-refractivity contribution is 5.95. The summed E-state index contributed by atoms with van der Waals surface area (Å²) in [5.74, 6) is 1.71. The number of pyridine rings is 1. The first-order chi connectivity index (χ1) is 12.5. The van der Waals surface area contributed by atoms with Gasteiger partial charge in [-0.2, -0.15) is 0 Å². The monoisotopic (exact) mass is 351 g/mol. The van der Waals surface area contributed by atoms with Gasteiger partial charge >= 0.3 is 0 Å². The second-order valence-electron chi connectivity index (χ2n) is 7.58. The van der Waals surface area contributed by atoms with Crippen LogP contribution in [0.2, 0.25) is 0 Å². The minimum absolute atomic E-state index is 0.129. The average Bonchev–Trinajstić information content (AvgIpc) is 2.67. The molecule has 0 atom stereocenters. The fourth-order valence-corrected chi connectivity index (χ4v) is 3.41. The Morgan fingerprint density at radius 1 is 1.19 bits per heavy atom. The maximum absolute atomic E-state index is 12.9. The van der Waals surface area contributed by atoms with Gasteiger partial charge in [-0.25, -0.2) is 4.98 Å². The molecule has 3 rings (SSSR count). The number of aromatic nitrogens is 1. The highest BCUT2D eigenvalue weighted by atomic mass is 16.2. The minimum Gasteiger partial charge on any atom is -0.350 e. The summed E-state index contributed by atoms with van der Waals surface area (Å²) in [5, 5.41) is 0. The first-order valence-electron chi connectivity index (χ1n) is 9.60. The molecule has 1 amide bonds. The molecule has 1 aliphatic rings. The van der Waals surface area contributed by atoms with Gasteiger partial charge in [-0.3, -0.25) is 4.79 Å². The molecule has 1 fully saturated rings. The number of amides is 1. The normalized spacial score (nSPS) is 15.3. The van der Waals surface area contributed by atoms with Crippen molar-refractivity contribution in [2.45, 2.75) is 46.2 Å². The van der Waals surface area contributed by atoms with E-state index in [1.165, 1.54) is 5.56 Å². The molecule has 0 radical (unpaired) electrons. The van der Waals surface area contributed by atoms with E-state index in [1.807, 2.05) is 23.1 Å². The summed E-state index contributed by atoms with van der Waals surface area (Å²) in [5.41, 5.74) is 1.98. The lowest BCUT2D eigenvalue weighted by Gasteiger charge is -2.31. The molecule has 0 aliphatic carbocycles. The lowest BCUT2D eigenvalue weighted by molar-refractivity contribution is 0.0697. The Bertz CT molecular complexity index is 721. The fourth-order valence-electron chi connectivity index (χ4n) is 3.41. The van der Waals surface area contributed by atoms with Gasteiger partial charge in [-0.05, 0) is 50.3 Å². The smallest absolute Gasteiger partial charge is 0.254 e. The number of nitrogens with zero attached hydrogens (tertiary/aromatic N) is 3. The van der Waals surface area contributed by atoms with Crippen LogP contribution >= 0.6 is 0 Å². The van der Waals surface area contributed by atoms with Crippen LogP contribution in [0.4, 0.5) is 5.82 Å². The number of piperidine rings is 1. The van der Waals surface area contributed by atoms with E-state index >= 15 is 0 Å². The molecule has 0 unspecified atom stereocenters. The van der Waals surface area contributed by atoms with Crippen molar-refractivity contribution in [1.29, 1.82) is 0 Å². The van der Waals surface area contributed by atoms with E-state index in [1.54, 1.807) is 6.20 Å². The van der Waals surface area contributed by atoms with Crippen LogP contribution in [0, 0.1) is 5.92 Å². The standard InChI is InChI=1S/C22H29N3O/c1-17(2)25(16-19-7-5-4-6-8-19)21-15-20(9-12-23-21)22(26)24-13-10-18(3)11-14-24/h4-9,12,15,17-18H,10-11,13-14,16H2,1-3H3. The van der Waals surface area contributed by atoms with Crippen LogP contribution in [-0.2, 0) is 6.54 Å². The van der Waals surface area contributed by atoms with E-state index in [0.717, 1.165) is 43.9 Å². The second-order valence-corrected chi connectivity index (χ2v) is 7.58. The van der Waals surface area contributed by atoms with Gasteiger partial charge in [0.25, 0.3) is 5.91 Å². The molecule has 4 nitrogen and oxygen atoms in total. The molecular formula is C22H29N3O. The molecule has 1 aromatic heterocycles. The Labute approximate surface area is 156 Å². The van der Waals surface area contributed by atoms with Crippen molar-refractivity contribution in [2.24, 2.45) is 5.92 Å².